The Hall–Kier alpha value is -3.18. The molecule has 1 saturated heterocycles. The van der Waals surface area contributed by atoms with E-state index < -0.39 is 0 Å². The van der Waals surface area contributed by atoms with E-state index >= 15 is 0 Å². The van der Waals surface area contributed by atoms with Gasteiger partial charge in [-0.3, -0.25) is 9.98 Å². The molecule has 0 radical (unpaired) electrons. The number of anilines is 1. The van der Waals surface area contributed by atoms with Gasteiger partial charge in [0, 0.05) is 59.4 Å². The van der Waals surface area contributed by atoms with Crippen LogP contribution in [0, 0.1) is 19.8 Å². The molecule has 2 aliphatic rings. The van der Waals surface area contributed by atoms with Crippen LogP contribution in [0.5, 0.6) is 0 Å². The summed E-state index contributed by atoms with van der Waals surface area (Å²) in [4.78, 5) is 12.1. The van der Waals surface area contributed by atoms with Gasteiger partial charge in [0.2, 0.25) is 0 Å². The van der Waals surface area contributed by atoms with Crippen molar-refractivity contribution in [1.29, 1.82) is 0 Å². The molecule has 196 valence electrons. The average Bonchev–Trinajstić information content (AvgIpc) is 3.68. The first-order valence-corrected chi connectivity index (χ1v) is 13.7. The third kappa shape index (κ3) is 7.20. The molecule has 1 saturated carbocycles. The van der Waals surface area contributed by atoms with Gasteiger partial charge in [0.15, 0.2) is 0 Å². The summed E-state index contributed by atoms with van der Waals surface area (Å²) in [6.07, 6.45) is 11.2. The maximum Gasteiger partial charge on any atom is 0.0668 e. The number of rotatable bonds is 10. The Kier molecular flexibility index (Phi) is 8.65. The molecule has 1 unspecified atom stereocenters. The van der Waals surface area contributed by atoms with Crippen molar-refractivity contribution < 1.29 is 0 Å². The smallest absolute Gasteiger partial charge is 0.0668 e. The third-order valence-electron chi connectivity index (χ3n) is 7.51. The van der Waals surface area contributed by atoms with Crippen molar-refractivity contribution in [2.75, 3.05) is 18.4 Å². The second-order valence-electron chi connectivity index (χ2n) is 10.9. The van der Waals surface area contributed by atoms with Gasteiger partial charge in [-0.2, -0.15) is 0 Å². The van der Waals surface area contributed by atoms with E-state index in [9.17, 15) is 0 Å². The van der Waals surface area contributed by atoms with Crippen LogP contribution in [-0.4, -0.2) is 34.7 Å². The SMILES string of the molecule is C=C(C)Nc1ccnc(C)c1/C=C(\CCC1CC1)C(C)=Nc1cc(C(=C)N2CCCC(N)C2)ccc1C. The average molecular weight is 498 g/mol. The van der Waals surface area contributed by atoms with Crippen molar-refractivity contribution in [2.45, 2.75) is 72.3 Å². The van der Waals surface area contributed by atoms with Crippen LogP contribution in [0.3, 0.4) is 0 Å². The predicted molar refractivity (Wildman–Crippen MR) is 159 cm³/mol. The van der Waals surface area contributed by atoms with Crippen LogP contribution in [0.25, 0.3) is 11.8 Å². The predicted octanol–water partition coefficient (Wildman–Crippen LogP) is 7.40. The number of allylic oxidation sites excluding steroid dienone is 2. The van der Waals surface area contributed by atoms with Gasteiger partial charge in [0.25, 0.3) is 0 Å². The lowest BCUT2D eigenvalue weighted by Gasteiger charge is -2.34. The Bertz CT molecular complexity index is 1220. The molecule has 0 bridgehead atoms. The lowest BCUT2D eigenvalue weighted by atomic mass is 9.98. The number of pyridine rings is 1. The molecule has 2 fully saturated rings. The molecule has 1 atom stereocenters. The summed E-state index contributed by atoms with van der Waals surface area (Å²) < 4.78 is 0. The summed E-state index contributed by atoms with van der Waals surface area (Å²) in [5, 5.41) is 3.41. The molecular weight excluding hydrogens is 454 g/mol. The Morgan fingerprint density at radius 3 is 2.68 bits per heavy atom. The number of hydrogen-bond donors (Lipinski definition) is 2. The summed E-state index contributed by atoms with van der Waals surface area (Å²) in [5.41, 5.74) is 16.9. The number of aliphatic imine (C=N–C) groups is 1. The van der Waals surface area contributed by atoms with Crippen molar-refractivity contribution in [1.82, 2.24) is 9.88 Å². The minimum Gasteiger partial charge on any atom is -0.370 e. The van der Waals surface area contributed by atoms with Crippen LogP contribution in [0.4, 0.5) is 11.4 Å². The van der Waals surface area contributed by atoms with E-state index in [2.05, 4.69) is 73.4 Å². The number of aryl methyl sites for hydroxylation is 2. The monoisotopic (exact) mass is 497 g/mol. The molecule has 4 rings (SSSR count). The van der Waals surface area contributed by atoms with E-state index in [1.165, 1.54) is 24.8 Å². The zero-order valence-electron chi connectivity index (χ0n) is 23.1. The normalized spacial score (nSPS) is 18.6. The highest BCUT2D eigenvalue weighted by Gasteiger charge is 2.22. The zero-order chi connectivity index (χ0) is 26.5. The number of likely N-dealkylation sites (tertiary alicyclic amines) is 1. The first-order valence-electron chi connectivity index (χ1n) is 13.7. The van der Waals surface area contributed by atoms with E-state index in [4.69, 9.17) is 10.7 Å². The van der Waals surface area contributed by atoms with Crippen LogP contribution in [0.1, 0.15) is 74.8 Å². The second-order valence-corrected chi connectivity index (χ2v) is 10.9. The lowest BCUT2D eigenvalue weighted by molar-refractivity contribution is 0.296. The fourth-order valence-corrected chi connectivity index (χ4v) is 5.00. The van der Waals surface area contributed by atoms with E-state index in [1.54, 1.807) is 0 Å². The van der Waals surface area contributed by atoms with Gasteiger partial charge in [-0.1, -0.05) is 38.1 Å². The number of aromatic nitrogens is 1. The van der Waals surface area contributed by atoms with Crippen LogP contribution < -0.4 is 11.1 Å². The van der Waals surface area contributed by atoms with E-state index in [0.29, 0.717) is 0 Å². The summed E-state index contributed by atoms with van der Waals surface area (Å²) in [7, 11) is 0. The molecule has 0 amide bonds. The second kappa shape index (κ2) is 11.9. The molecule has 1 aliphatic heterocycles. The number of benzene rings is 1. The van der Waals surface area contributed by atoms with Gasteiger partial charge in [0.05, 0.1) is 5.69 Å². The van der Waals surface area contributed by atoms with Crippen LogP contribution in [-0.2, 0) is 0 Å². The fraction of sp³-hybridized carbons (Fsp3) is 0.438. The summed E-state index contributed by atoms with van der Waals surface area (Å²) in [6.45, 7) is 18.6. The molecule has 5 nitrogen and oxygen atoms in total. The van der Waals surface area contributed by atoms with Gasteiger partial charge in [-0.15, -0.1) is 0 Å². The lowest BCUT2D eigenvalue weighted by Crippen LogP contribution is -2.41. The van der Waals surface area contributed by atoms with E-state index in [0.717, 1.165) is 89.1 Å². The van der Waals surface area contributed by atoms with Gasteiger partial charge >= 0.3 is 0 Å². The number of nitrogens with one attached hydrogen (secondary N) is 1. The first-order chi connectivity index (χ1) is 17.7. The number of nitrogens with two attached hydrogens (primary N) is 1. The third-order valence-corrected chi connectivity index (χ3v) is 7.51. The number of hydrogen-bond acceptors (Lipinski definition) is 5. The van der Waals surface area contributed by atoms with Crippen molar-refractivity contribution in [2.24, 2.45) is 16.6 Å². The molecule has 2 aromatic rings. The highest BCUT2D eigenvalue weighted by molar-refractivity contribution is 6.04. The van der Waals surface area contributed by atoms with Crippen molar-refractivity contribution in [3.8, 4) is 0 Å². The fourth-order valence-electron chi connectivity index (χ4n) is 5.00. The molecule has 3 N–H and O–H groups in total. The van der Waals surface area contributed by atoms with Gasteiger partial charge in [-0.05, 0) is 94.2 Å². The van der Waals surface area contributed by atoms with Crippen LogP contribution in [0.15, 0.2) is 59.9 Å². The van der Waals surface area contributed by atoms with Crippen molar-refractivity contribution in [3.05, 3.63) is 77.3 Å². The maximum absolute atomic E-state index is 6.23. The Labute approximate surface area is 223 Å². The summed E-state index contributed by atoms with van der Waals surface area (Å²) in [5.74, 6) is 0.850. The molecule has 1 aromatic carbocycles. The topological polar surface area (TPSA) is 66.5 Å². The van der Waals surface area contributed by atoms with Crippen LogP contribution in [0.2, 0.25) is 0 Å². The minimum atomic E-state index is 0.218. The van der Waals surface area contributed by atoms with E-state index in [1.807, 2.05) is 19.2 Å². The maximum atomic E-state index is 6.23. The summed E-state index contributed by atoms with van der Waals surface area (Å²) in [6, 6.07) is 8.73. The number of piperidine rings is 1. The standard InChI is InChI=1S/C32H43N5/c1-21(2)35-31-15-16-34-24(5)30(31)18-27(14-12-26-10-11-26)23(4)36-32-19-28(13-9-22(32)3)25(6)37-17-7-8-29(33)20-37/h9,13,15-16,18-19,26,29H,1,6-8,10-12,14,17,20,33H2,2-5H3,(H,34,35)/b27-18+,36-23?. The van der Waals surface area contributed by atoms with E-state index in [-0.39, 0.29) is 6.04 Å². The molecule has 1 aromatic heterocycles. The van der Waals surface area contributed by atoms with Crippen molar-refractivity contribution in [3.63, 3.8) is 0 Å². The van der Waals surface area contributed by atoms with Gasteiger partial charge in [0.1, 0.15) is 0 Å². The molecule has 5 heteroatoms. The molecular formula is C32H43N5. The quantitative estimate of drug-likeness (QED) is 0.336. The highest BCUT2D eigenvalue weighted by Crippen LogP contribution is 2.36. The molecule has 37 heavy (non-hydrogen) atoms. The Morgan fingerprint density at radius 1 is 1.19 bits per heavy atom. The van der Waals surface area contributed by atoms with Crippen LogP contribution >= 0.6 is 0 Å². The molecule has 2 heterocycles. The van der Waals surface area contributed by atoms with Gasteiger partial charge < -0.3 is 16.0 Å². The largest absolute Gasteiger partial charge is 0.370 e. The summed E-state index contributed by atoms with van der Waals surface area (Å²) >= 11 is 0. The number of nitrogens with zero attached hydrogens (tertiary/aromatic N) is 3. The Morgan fingerprint density at radius 2 is 1.97 bits per heavy atom. The van der Waals surface area contributed by atoms with Gasteiger partial charge in [-0.25, -0.2) is 0 Å². The Balaban J connectivity index is 1.67. The first kappa shape index (κ1) is 26.9. The minimum absolute atomic E-state index is 0.218. The zero-order valence-corrected chi connectivity index (χ0v) is 23.1. The van der Waals surface area contributed by atoms with Crippen molar-refractivity contribution >= 4 is 28.9 Å². The highest BCUT2D eigenvalue weighted by atomic mass is 15.2. The molecule has 0 spiro atoms. The molecule has 1 aliphatic carbocycles.